The summed E-state index contributed by atoms with van der Waals surface area (Å²) >= 11 is 0. The molecule has 0 amide bonds. The molecule has 8 rings (SSSR count). The van der Waals surface area contributed by atoms with E-state index in [4.69, 9.17) is 19.2 Å². The topological polar surface area (TPSA) is 40.2 Å². The molecule has 7 aliphatic rings. The van der Waals surface area contributed by atoms with E-state index in [1.807, 2.05) is 0 Å². The maximum absolute atomic E-state index is 6.48. The molecule has 192 valence electrons. The Balaban J connectivity index is 0.968. The van der Waals surface area contributed by atoms with Crippen molar-refractivity contribution in [2.45, 2.75) is 87.7 Å². The summed E-state index contributed by atoms with van der Waals surface area (Å²) in [6.07, 6.45) is 14.1. The Labute approximate surface area is 210 Å². The van der Waals surface area contributed by atoms with Crippen molar-refractivity contribution in [3.8, 4) is 5.75 Å². The van der Waals surface area contributed by atoms with Crippen molar-refractivity contribution in [3.05, 3.63) is 29.8 Å². The van der Waals surface area contributed by atoms with Gasteiger partial charge in [-0.15, -0.1) is 0 Å². The molecule has 1 aromatic carbocycles. The van der Waals surface area contributed by atoms with E-state index < -0.39 is 0 Å². The zero-order valence-corrected chi connectivity index (χ0v) is 21.3. The molecule has 0 radical (unpaired) electrons. The molecular formula is C30H43NO4. The van der Waals surface area contributed by atoms with Crippen LogP contribution in [0.25, 0.3) is 0 Å². The van der Waals surface area contributed by atoms with Crippen LogP contribution in [-0.4, -0.2) is 55.6 Å². The van der Waals surface area contributed by atoms with Gasteiger partial charge in [0.15, 0.2) is 0 Å². The molecule has 7 fully saturated rings. The van der Waals surface area contributed by atoms with E-state index in [1.165, 1.54) is 56.9 Å². The average molecular weight is 482 g/mol. The van der Waals surface area contributed by atoms with Gasteiger partial charge in [-0.1, -0.05) is 12.1 Å². The van der Waals surface area contributed by atoms with Gasteiger partial charge in [-0.05, 0) is 111 Å². The van der Waals surface area contributed by atoms with Crippen molar-refractivity contribution in [1.82, 2.24) is 4.90 Å². The number of hydrogen-bond acceptors (Lipinski definition) is 5. The lowest BCUT2D eigenvalue weighted by Crippen LogP contribution is -2.58. The molecule has 1 aromatic rings. The smallest absolute Gasteiger partial charge is 0.119 e. The second kappa shape index (κ2) is 9.31. The van der Waals surface area contributed by atoms with Crippen LogP contribution >= 0.6 is 0 Å². The van der Waals surface area contributed by atoms with Gasteiger partial charge >= 0.3 is 0 Å². The Morgan fingerprint density at radius 2 is 1.69 bits per heavy atom. The molecule has 0 aromatic heterocycles. The molecule has 5 saturated carbocycles. The summed E-state index contributed by atoms with van der Waals surface area (Å²) in [5.41, 5.74) is 1.41. The van der Waals surface area contributed by atoms with Gasteiger partial charge in [0.05, 0.1) is 6.61 Å². The van der Waals surface area contributed by atoms with E-state index in [-0.39, 0.29) is 11.2 Å². The molecule has 2 saturated heterocycles. The van der Waals surface area contributed by atoms with E-state index in [2.05, 4.69) is 29.2 Å². The fourth-order valence-electron chi connectivity index (χ4n) is 9.13. The zero-order valence-electron chi connectivity index (χ0n) is 21.3. The highest BCUT2D eigenvalue weighted by Gasteiger charge is 2.65. The molecule has 5 heteroatoms. The summed E-state index contributed by atoms with van der Waals surface area (Å²) in [6, 6.07) is 8.95. The maximum Gasteiger partial charge on any atom is 0.119 e. The zero-order chi connectivity index (χ0) is 23.3. The first-order valence-electron chi connectivity index (χ1n) is 14.6. The van der Waals surface area contributed by atoms with Gasteiger partial charge in [0, 0.05) is 32.7 Å². The molecule has 5 aliphatic carbocycles. The fourth-order valence-corrected chi connectivity index (χ4v) is 9.13. The van der Waals surface area contributed by atoms with Crippen molar-refractivity contribution in [2.75, 3.05) is 39.5 Å². The lowest BCUT2D eigenvalue weighted by Gasteiger charge is -2.58. The minimum atomic E-state index is -0.0651. The third kappa shape index (κ3) is 4.35. The van der Waals surface area contributed by atoms with Gasteiger partial charge in [-0.25, -0.2) is 9.78 Å². The SMILES string of the molecule is c1cc([C@@H]2CCC[C@@]3(C2)CC2(OO3)C3CC4CC(C3)CC2C4)ccc1OCCN1CCCOCC1. The predicted molar refractivity (Wildman–Crippen MR) is 134 cm³/mol. The molecule has 2 spiro atoms. The first-order chi connectivity index (χ1) is 17.2. The lowest BCUT2D eigenvalue weighted by atomic mass is 9.48. The third-order valence-corrected chi connectivity index (χ3v) is 10.6. The van der Waals surface area contributed by atoms with E-state index in [0.717, 1.165) is 88.1 Å². The number of rotatable bonds is 5. The fraction of sp³-hybridized carbons (Fsp3) is 0.800. The summed E-state index contributed by atoms with van der Waals surface area (Å²) < 4.78 is 11.6. The van der Waals surface area contributed by atoms with E-state index in [0.29, 0.717) is 5.92 Å². The van der Waals surface area contributed by atoms with Crippen LogP contribution in [0.1, 0.15) is 82.1 Å². The van der Waals surface area contributed by atoms with Crippen molar-refractivity contribution >= 4 is 0 Å². The molecule has 5 nitrogen and oxygen atoms in total. The number of nitrogens with zero attached hydrogens (tertiary/aromatic N) is 1. The van der Waals surface area contributed by atoms with E-state index >= 15 is 0 Å². The normalized spacial score (nSPS) is 43.1. The van der Waals surface area contributed by atoms with Gasteiger partial charge in [0.2, 0.25) is 0 Å². The monoisotopic (exact) mass is 481 g/mol. The Hall–Kier alpha value is -1.14. The summed E-state index contributed by atoms with van der Waals surface area (Å²) in [4.78, 5) is 15.3. The van der Waals surface area contributed by atoms with Crippen LogP contribution in [0.5, 0.6) is 5.75 Å². The summed E-state index contributed by atoms with van der Waals surface area (Å²) in [5, 5.41) is 0. The molecule has 2 aliphatic heterocycles. The number of benzene rings is 1. The Morgan fingerprint density at radius 1 is 0.886 bits per heavy atom. The molecule has 0 unspecified atom stereocenters. The molecule has 2 heterocycles. The first-order valence-corrected chi connectivity index (χ1v) is 14.6. The summed E-state index contributed by atoms with van der Waals surface area (Å²) in [5.74, 6) is 4.99. The van der Waals surface area contributed by atoms with Crippen LogP contribution in [0, 0.1) is 23.7 Å². The standard InChI is InChI=1S/C30H43NO4/c1-3-25(24-4-6-28(7-5-24)33-14-11-31-9-2-12-32-13-10-31)20-29(8-1)21-30(35-34-29)26-16-22-15-23(18-26)19-27(30)17-22/h4-7,22-23,25-27H,1-3,8-21H2/t22?,23?,25-,26?,27?,29-,30?/m1/s1. The van der Waals surface area contributed by atoms with Gasteiger partial charge in [0.25, 0.3) is 0 Å². The van der Waals surface area contributed by atoms with Crippen molar-refractivity contribution in [2.24, 2.45) is 23.7 Å². The Kier molecular flexibility index (Phi) is 6.12. The van der Waals surface area contributed by atoms with Crippen LogP contribution in [0.2, 0.25) is 0 Å². The summed E-state index contributed by atoms with van der Waals surface area (Å²) in [7, 11) is 0. The van der Waals surface area contributed by atoms with Crippen LogP contribution < -0.4 is 4.74 Å². The molecule has 4 bridgehead atoms. The highest BCUT2D eigenvalue weighted by Crippen LogP contribution is 2.65. The summed E-state index contributed by atoms with van der Waals surface area (Å²) in [6.45, 7) is 5.57. The minimum Gasteiger partial charge on any atom is -0.492 e. The molecule has 2 atom stereocenters. The van der Waals surface area contributed by atoms with Crippen LogP contribution in [0.4, 0.5) is 0 Å². The van der Waals surface area contributed by atoms with E-state index in [9.17, 15) is 0 Å². The molecule has 0 N–H and O–H groups in total. The van der Waals surface area contributed by atoms with Gasteiger partial charge < -0.3 is 9.47 Å². The van der Waals surface area contributed by atoms with Gasteiger partial charge in [-0.2, -0.15) is 0 Å². The number of ether oxygens (including phenoxy) is 2. The maximum atomic E-state index is 6.48. The highest BCUT2D eigenvalue weighted by molar-refractivity contribution is 5.30. The predicted octanol–water partition coefficient (Wildman–Crippen LogP) is 5.73. The van der Waals surface area contributed by atoms with Crippen LogP contribution in [0.3, 0.4) is 0 Å². The molecule has 35 heavy (non-hydrogen) atoms. The van der Waals surface area contributed by atoms with Crippen molar-refractivity contribution in [3.63, 3.8) is 0 Å². The Morgan fingerprint density at radius 3 is 2.49 bits per heavy atom. The minimum absolute atomic E-state index is 0.0342. The van der Waals surface area contributed by atoms with Gasteiger partial charge in [0.1, 0.15) is 23.6 Å². The quantitative estimate of drug-likeness (QED) is 0.502. The van der Waals surface area contributed by atoms with Crippen LogP contribution in [-0.2, 0) is 14.5 Å². The second-order valence-electron chi connectivity index (χ2n) is 12.8. The lowest BCUT2D eigenvalue weighted by molar-refractivity contribution is -0.385. The largest absolute Gasteiger partial charge is 0.492 e. The van der Waals surface area contributed by atoms with Crippen LogP contribution in [0.15, 0.2) is 24.3 Å². The van der Waals surface area contributed by atoms with Crippen molar-refractivity contribution < 1.29 is 19.2 Å². The molecular weight excluding hydrogens is 438 g/mol. The number of hydrogen-bond donors (Lipinski definition) is 0. The first kappa shape index (κ1) is 23.0. The second-order valence-corrected chi connectivity index (χ2v) is 12.8. The average Bonchev–Trinajstić information content (AvgIpc) is 3.04. The third-order valence-electron chi connectivity index (χ3n) is 10.6. The van der Waals surface area contributed by atoms with Gasteiger partial charge in [-0.3, -0.25) is 4.90 Å². The van der Waals surface area contributed by atoms with E-state index in [1.54, 1.807) is 0 Å². The Bertz CT molecular complexity index is 851. The van der Waals surface area contributed by atoms with Crippen molar-refractivity contribution in [1.29, 1.82) is 0 Å². The highest BCUT2D eigenvalue weighted by atomic mass is 17.2.